The number of nitrogens with zero attached hydrogens (tertiary/aromatic N) is 3. The number of nitrogen functional groups attached to an aromatic ring is 1. The maximum atomic E-state index is 10.7. The molecule has 1 heterocycles. The number of carbonyl (C=O) groups is 1. The molecule has 0 aliphatic rings. The van der Waals surface area contributed by atoms with Crippen molar-refractivity contribution in [2.75, 3.05) is 24.2 Å². The number of primary amides is 1. The predicted molar refractivity (Wildman–Crippen MR) is 53.6 cm³/mol. The highest BCUT2D eigenvalue weighted by atomic mass is 16.1. The lowest BCUT2D eigenvalue weighted by Crippen LogP contribution is -2.31. The van der Waals surface area contributed by atoms with Crippen LogP contribution < -0.4 is 16.4 Å². The fourth-order valence-corrected chi connectivity index (χ4v) is 1.14. The van der Waals surface area contributed by atoms with Crippen LogP contribution >= 0.6 is 0 Å². The SMILES string of the molecule is Cc1cnc(N)nc1N(C)CC(N)=O. The molecule has 0 spiro atoms. The summed E-state index contributed by atoms with van der Waals surface area (Å²) in [5.74, 6) is 0.391. The smallest absolute Gasteiger partial charge is 0.236 e. The van der Waals surface area contributed by atoms with Crippen molar-refractivity contribution in [2.45, 2.75) is 6.92 Å². The van der Waals surface area contributed by atoms with Gasteiger partial charge in [0.15, 0.2) is 0 Å². The zero-order chi connectivity index (χ0) is 10.7. The van der Waals surface area contributed by atoms with Crippen LogP contribution in [0.2, 0.25) is 0 Å². The van der Waals surface area contributed by atoms with E-state index in [1.54, 1.807) is 18.1 Å². The number of carbonyl (C=O) groups excluding carboxylic acids is 1. The van der Waals surface area contributed by atoms with Crippen molar-refractivity contribution >= 4 is 17.7 Å². The first-order chi connectivity index (χ1) is 6.50. The quantitative estimate of drug-likeness (QED) is 0.663. The standard InChI is InChI=1S/C8H13N5O/c1-5-3-11-8(10)12-7(5)13(2)4-6(9)14/h3H,4H2,1-2H3,(H2,9,14)(H2,10,11,12). The highest BCUT2D eigenvalue weighted by Gasteiger charge is 2.09. The van der Waals surface area contributed by atoms with Crippen LogP contribution in [0.3, 0.4) is 0 Å². The van der Waals surface area contributed by atoms with E-state index in [2.05, 4.69) is 9.97 Å². The number of anilines is 2. The van der Waals surface area contributed by atoms with E-state index in [4.69, 9.17) is 11.5 Å². The van der Waals surface area contributed by atoms with Crippen LogP contribution in [0.5, 0.6) is 0 Å². The largest absolute Gasteiger partial charge is 0.368 e. The van der Waals surface area contributed by atoms with Gasteiger partial charge < -0.3 is 16.4 Å². The number of nitrogens with two attached hydrogens (primary N) is 2. The summed E-state index contributed by atoms with van der Waals surface area (Å²) in [5.41, 5.74) is 11.3. The minimum atomic E-state index is -0.413. The molecule has 6 heteroatoms. The van der Waals surface area contributed by atoms with Crippen molar-refractivity contribution in [1.82, 2.24) is 9.97 Å². The lowest BCUT2D eigenvalue weighted by atomic mass is 10.3. The van der Waals surface area contributed by atoms with Gasteiger partial charge in [0.05, 0.1) is 6.54 Å². The van der Waals surface area contributed by atoms with Crippen LogP contribution in [-0.2, 0) is 4.79 Å². The van der Waals surface area contributed by atoms with Crippen LogP contribution in [0.25, 0.3) is 0 Å². The van der Waals surface area contributed by atoms with Gasteiger partial charge in [-0.1, -0.05) is 0 Å². The lowest BCUT2D eigenvalue weighted by Gasteiger charge is -2.17. The third kappa shape index (κ3) is 2.32. The maximum Gasteiger partial charge on any atom is 0.236 e. The number of hydrogen-bond donors (Lipinski definition) is 2. The highest BCUT2D eigenvalue weighted by molar-refractivity contribution is 5.79. The molecular weight excluding hydrogens is 182 g/mol. The Hall–Kier alpha value is -1.85. The van der Waals surface area contributed by atoms with Gasteiger partial charge in [-0.05, 0) is 6.92 Å². The summed E-state index contributed by atoms with van der Waals surface area (Å²) in [6.07, 6.45) is 1.61. The average Bonchev–Trinajstić information content (AvgIpc) is 2.08. The predicted octanol–water partition coefficient (Wildman–Crippen LogP) is -0.711. The van der Waals surface area contributed by atoms with Gasteiger partial charge in [-0.25, -0.2) is 4.98 Å². The fourth-order valence-electron chi connectivity index (χ4n) is 1.14. The molecule has 0 saturated heterocycles. The molecule has 6 nitrogen and oxygen atoms in total. The van der Waals surface area contributed by atoms with E-state index in [1.807, 2.05) is 6.92 Å². The molecule has 0 saturated carbocycles. The first kappa shape index (κ1) is 10.2. The molecule has 1 amide bonds. The number of aromatic nitrogens is 2. The molecule has 1 aromatic heterocycles. The molecule has 0 radical (unpaired) electrons. The normalized spacial score (nSPS) is 9.86. The van der Waals surface area contributed by atoms with Crippen molar-refractivity contribution in [3.8, 4) is 0 Å². The Balaban J connectivity index is 2.93. The fraction of sp³-hybridized carbons (Fsp3) is 0.375. The van der Waals surface area contributed by atoms with E-state index in [0.29, 0.717) is 5.82 Å². The van der Waals surface area contributed by atoms with Crippen molar-refractivity contribution in [1.29, 1.82) is 0 Å². The molecule has 0 unspecified atom stereocenters. The summed E-state index contributed by atoms with van der Waals surface area (Å²) in [7, 11) is 1.72. The molecular formula is C8H13N5O. The first-order valence-corrected chi connectivity index (χ1v) is 4.09. The third-order valence-corrected chi connectivity index (χ3v) is 1.72. The number of likely N-dealkylation sites (N-methyl/N-ethyl adjacent to an activating group) is 1. The van der Waals surface area contributed by atoms with Crippen molar-refractivity contribution < 1.29 is 4.79 Å². The molecule has 1 aromatic rings. The Morgan fingerprint density at radius 1 is 1.64 bits per heavy atom. The number of rotatable bonds is 3. The summed E-state index contributed by atoms with van der Waals surface area (Å²) >= 11 is 0. The number of hydrogen-bond acceptors (Lipinski definition) is 5. The van der Waals surface area contributed by atoms with Crippen LogP contribution in [0.15, 0.2) is 6.20 Å². The number of aryl methyl sites for hydroxylation is 1. The van der Waals surface area contributed by atoms with E-state index < -0.39 is 5.91 Å². The van der Waals surface area contributed by atoms with Crippen LogP contribution in [0, 0.1) is 6.92 Å². The van der Waals surface area contributed by atoms with E-state index in [-0.39, 0.29) is 12.5 Å². The second kappa shape index (κ2) is 3.91. The van der Waals surface area contributed by atoms with Crippen LogP contribution in [0.4, 0.5) is 11.8 Å². The van der Waals surface area contributed by atoms with Crippen LogP contribution in [0.1, 0.15) is 5.56 Å². The van der Waals surface area contributed by atoms with Crippen molar-refractivity contribution in [2.24, 2.45) is 5.73 Å². The lowest BCUT2D eigenvalue weighted by molar-refractivity contribution is -0.116. The van der Waals surface area contributed by atoms with Crippen molar-refractivity contribution in [3.05, 3.63) is 11.8 Å². The summed E-state index contributed by atoms with van der Waals surface area (Å²) in [5, 5.41) is 0. The summed E-state index contributed by atoms with van der Waals surface area (Å²) < 4.78 is 0. The van der Waals surface area contributed by atoms with Gasteiger partial charge in [-0.3, -0.25) is 4.79 Å². The van der Waals surface area contributed by atoms with E-state index in [9.17, 15) is 4.79 Å². The van der Waals surface area contributed by atoms with Gasteiger partial charge >= 0.3 is 0 Å². The average molecular weight is 195 g/mol. The van der Waals surface area contributed by atoms with Crippen LogP contribution in [-0.4, -0.2) is 29.5 Å². The molecule has 0 atom stereocenters. The zero-order valence-electron chi connectivity index (χ0n) is 8.19. The molecule has 0 fully saturated rings. The third-order valence-electron chi connectivity index (χ3n) is 1.72. The molecule has 1 rings (SSSR count). The maximum absolute atomic E-state index is 10.7. The topological polar surface area (TPSA) is 98.1 Å². The Bertz CT molecular complexity index is 352. The van der Waals surface area contributed by atoms with Gasteiger partial charge in [0.25, 0.3) is 0 Å². The molecule has 0 bridgehead atoms. The zero-order valence-corrected chi connectivity index (χ0v) is 8.19. The summed E-state index contributed by atoms with van der Waals surface area (Å²) in [6, 6.07) is 0. The summed E-state index contributed by atoms with van der Waals surface area (Å²) in [6.45, 7) is 1.95. The van der Waals surface area contributed by atoms with E-state index in [0.717, 1.165) is 5.56 Å². The second-order valence-electron chi connectivity index (χ2n) is 3.06. The molecule has 0 aliphatic heterocycles. The van der Waals surface area contributed by atoms with Crippen molar-refractivity contribution in [3.63, 3.8) is 0 Å². The minimum absolute atomic E-state index is 0.108. The molecule has 0 aliphatic carbocycles. The van der Waals surface area contributed by atoms with Gasteiger partial charge in [-0.15, -0.1) is 0 Å². The monoisotopic (exact) mass is 195 g/mol. The Morgan fingerprint density at radius 2 is 2.29 bits per heavy atom. The Labute approximate surface area is 81.9 Å². The van der Waals surface area contributed by atoms with Gasteiger partial charge in [0, 0.05) is 18.8 Å². The Morgan fingerprint density at radius 3 is 2.86 bits per heavy atom. The summed E-state index contributed by atoms with van der Waals surface area (Å²) in [4.78, 5) is 20.2. The van der Waals surface area contributed by atoms with E-state index >= 15 is 0 Å². The van der Waals surface area contributed by atoms with Gasteiger partial charge in [0.2, 0.25) is 11.9 Å². The molecule has 14 heavy (non-hydrogen) atoms. The minimum Gasteiger partial charge on any atom is -0.368 e. The molecule has 76 valence electrons. The van der Waals surface area contributed by atoms with Gasteiger partial charge in [-0.2, -0.15) is 4.98 Å². The first-order valence-electron chi connectivity index (χ1n) is 4.09. The molecule has 4 N–H and O–H groups in total. The second-order valence-corrected chi connectivity index (χ2v) is 3.06. The van der Waals surface area contributed by atoms with E-state index in [1.165, 1.54) is 0 Å². The molecule has 0 aromatic carbocycles. The highest BCUT2D eigenvalue weighted by Crippen LogP contribution is 2.14. The van der Waals surface area contributed by atoms with Gasteiger partial charge in [0.1, 0.15) is 5.82 Å². The Kier molecular flexibility index (Phi) is 2.85. The number of amides is 1.